The average molecular weight is 300 g/mol. The van der Waals surface area contributed by atoms with Gasteiger partial charge in [0.1, 0.15) is 5.75 Å². The molecule has 1 N–H and O–H groups in total. The number of hydrogen-bond acceptors (Lipinski definition) is 4. The molecule has 108 valence electrons. The second-order valence-corrected chi connectivity index (χ2v) is 6.25. The summed E-state index contributed by atoms with van der Waals surface area (Å²) in [6, 6.07) is 7.99. The van der Waals surface area contributed by atoms with E-state index < -0.39 is 6.10 Å². The largest absolute Gasteiger partial charge is 0.493 e. The predicted molar refractivity (Wildman–Crippen MR) is 82.1 cm³/mol. The van der Waals surface area contributed by atoms with Gasteiger partial charge < -0.3 is 9.84 Å². The summed E-state index contributed by atoms with van der Waals surface area (Å²) in [6.07, 6.45) is 4.99. The van der Waals surface area contributed by atoms with Gasteiger partial charge in [0.05, 0.1) is 18.4 Å². The van der Waals surface area contributed by atoms with Gasteiger partial charge in [-0.3, -0.25) is 4.40 Å². The maximum atomic E-state index is 10.6. The molecule has 0 amide bonds. The zero-order valence-electron chi connectivity index (χ0n) is 11.5. The smallest absolute Gasteiger partial charge is 0.193 e. The molecule has 4 nitrogen and oxygen atoms in total. The number of nitrogens with zero attached hydrogens (tertiary/aromatic N) is 2. The van der Waals surface area contributed by atoms with Crippen LogP contribution in [0, 0.1) is 0 Å². The number of ether oxygens (including phenoxy) is 1. The van der Waals surface area contributed by atoms with Crippen molar-refractivity contribution < 1.29 is 9.84 Å². The summed E-state index contributed by atoms with van der Waals surface area (Å²) in [5, 5.41) is 12.6. The van der Waals surface area contributed by atoms with E-state index in [0.29, 0.717) is 13.0 Å². The number of imidazole rings is 1. The van der Waals surface area contributed by atoms with E-state index in [1.165, 1.54) is 0 Å². The highest BCUT2D eigenvalue weighted by molar-refractivity contribution is 7.15. The molecule has 21 heavy (non-hydrogen) atoms. The van der Waals surface area contributed by atoms with Crippen molar-refractivity contribution in [3.05, 3.63) is 53.3 Å². The van der Waals surface area contributed by atoms with Crippen LogP contribution in [0.4, 0.5) is 0 Å². The fourth-order valence-electron chi connectivity index (χ4n) is 3.00. The van der Waals surface area contributed by atoms with Crippen molar-refractivity contribution >= 4 is 16.3 Å². The minimum Gasteiger partial charge on any atom is -0.493 e. The number of aliphatic hydroxyl groups is 1. The molecular weight excluding hydrogens is 284 g/mol. The number of aliphatic hydroxyl groups excluding tert-OH is 1. The van der Waals surface area contributed by atoms with Crippen LogP contribution in [0.3, 0.4) is 0 Å². The first-order valence-electron chi connectivity index (χ1n) is 7.12. The molecule has 0 bridgehead atoms. The van der Waals surface area contributed by atoms with Crippen LogP contribution in [0.15, 0.2) is 42.0 Å². The molecule has 4 rings (SSSR count). The highest BCUT2D eigenvalue weighted by Crippen LogP contribution is 2.36. The van der Waals surface area contributed by atoms with Crippen molar-refractivity contribution in [2.45, 2.75) is 24.9 Å². The predicted octanol–water partition coefficient (Wildman–Crippen LogP) is 2.87. The van der Waals surface area contributed by atoms with E-state index in [2.05, 4.69) is 4.98 Å². The first kappa shape index (κ1) is 12.9. The Balaban J connectivity index is 1.57. The van der Waals surface area contributed by atoms with Gasteiger partial charge in [-0.25, -0.2) is 4.98 Å². The van der Waals surface area contributed by atoms with E-state index >= 15 is 0 Å². The Bertz CT molecular complexity index is 736. The number of aromatic nitrogens is 2. The molecule has 0 aliphatic carbocycles. The Hall–Kier alpha value is -1.85. The third kappa shape index (κ3) is 2.32. The fourth-order valence-corrected chi connectivity index (χ4v) is 3.72. The molecule has 2 atom stereocenters. The van der Waals surface area contributed by atoms with Gasteiger partial charge in [0.25, 0.3) is 0 Å². The lowest BCUT2D eigenvalue weighted by molar-refractivity contribution is 0.116. The van der Waals surface area contributed by atoms with E-state index in [-0.39, 0.29) is 5.92 Å². The molecule has 0 radical (unpaired) electrons. The molecule has 1 aromatic carbocycles. The van der Waals surface area contributed by atoms with E-state index in [0.717, 1.165) is 28.4 Å². The molecule has 0 fully saturated rings. The molecule has 3 heterocycles. The molecule has 1 aliphatic heterocycles. The van der Waals surface area contributed by atoms with Crippen molar-refractivity contribution in [3.63, 3.8) is 0 Å². The van der Waals surface area contributed by atoms with Gasteiger partial charge >= 0.3 is 0 Å². The van der Waals surface area contributed by atoms with Crippen LogP contribution >= 0.6 is 11.3 Å². The summed E-state index contributed by atoms with van der Waals surface area (Å²) in [4.78, 5) is 5.53. The maximum absolute atomic E-state index is 10.6. The fraction of sp³-hybridized carbons (Fsp3) is 0.312. The van der Waals surface area contributed by atoms with E-state index in [1.54, 1.807) is 11.3 Å². The Morgan fingerprint density at radius 1 is 1.43 bits per heavy atom. The van der Waals surface area contributed by atoms with Crippen molar-refractivity contribution in [3.8, 4) is 5.75 Å². The molecule has 5 heteroatoms. The summed E-state index contributed by atoms with van der Waals surface area (Å²) >= 11 is 1.61. The van der Waals surface area contributed by atoms with Gasteiger partial charge in [-0.2, -0.15) is 0 Å². The van der Waals surface area contributed by atoms with E-state index in [9.17, 15) is 5.11 Å². The summed E-state index contributed by atoms with van der Waals surface area (Å²) in [5.74, 6) is 1.02. The van der Waals surface area contributed by atoms with Gasteiger partial charge in [-0.15, -0.1) is 11.3 Å². The van der Waals surface area contributed by atoms with Gasteiger partial charge in [0, 0.05) is 30.1 Å². The van der Waals surface area contributed by atoms with Gasteiger partial charge in [0.15, 0.2) is 4.96 Å². The molecule has 3 aromatic rings. The first-order valence-corrected chi connectivity index (χ1v) is 8.00. The monoisotopic (exact) mass is 300 g/mol. The van der Waals surface area contributed by atoms with Crippen LogP contribution < -0.4 is 4.74 Å². The lowest BCUT2D eigenvalue weighted by Crippen LogP contribution is -2.26. The second kappa shape index (κ2) is 5.16. The first-order chi connectivity index (χ1) is 10.3. The highest BCUT2D eigenvalue weighted by Gasteiger charge is 2.28. The molecule has 0 saturated heterocycles. The number of thiazole rings is 1. The van der Waals surface area contributed by atoms with Crippen LogP contribution in [0.25, 0.3) is 4.96 Å². The third-order valence-electron chi connectivity index (χ3n) is 4.03. The van der Waals surface area contributed by atoms with Gasteiger partial charge in [0.2, 0.25) is 0 Å². The Morgan fingerprint density at radius 2 is 2.33 bits per heavy atom. The van der Waals surface area contributed by atoms with Crippen LogP contribution in [-0.4, -0.2) is 27.2 Å². The second-order valence-electron chi connectivity index (χ2n) is 5.38. The number of rotatable bonds is 3. The summed E-state index contributed by atoms with van der Waals surface area (Å²) < 4.78 is 7.67. The van der Waals surface area contributed by atoms with E-state index in [1.807, 2.05) is 46.4 Å². The number of fused-ring (bicyclic) bond motifs is 2. The van der Waals surface area contributed by atoms with Crippen LogP contribution in [0.2, 0.25) is 0 Å². The van der Waals surface area contributed by atoms with Crippen LogP contribution in [0.5, 0.6) is 5.75 Å². The molecular formula is C16H16N2O2S. The van der Waals surface area contributed by atoms with Gasteiger partial charge in [-0.1, -0.05) is 18.2 Å². The quantitative estimate of drug-likeness (QED) is 0.809. The zero-order valence-corrected chi connectivity index (χ0v) is 12.3. The highest BCUT2D eigenvalue weighted by atomic mass is 32.1. The standard InChI is InChI=1S/C16H16N2O2S/c19-14(9-11-10-18-6-8-21-16(18)17-11)12-5-7-20-15-4-2-1-3-13(12)15/h1-4,6,8,10,12,14,19H,5,7,9H2. The van der Waals surface area contributed by atoms with Crippen LogP contribution in [0.1, 0.15) is 23.6 Å². The van der Waals surface area contributed by atoms with Crippen LogP contribution in [-0.2, 0) is 6.42 Å². The summed E-state index contributed by atoms with van der Waals surface area (Å²) in [7, 11) is 0. The minimum atomic E-state index is -0.431. The normalized spacial score (nSPS) is 19.2. The molecule has 1 aliphatic rings. The number of para-hydroxylation sites is 1. The number of benzene rings is 1. The molecule has 0 spiro atoms. The Kier molecular flexibility index (Phi) is 3.16. The minimum absolute atomic E-state index is 0.120. The number of hydrogen-bond donors (Lipinski definition) is 1. The average Bonchev–Trinajstić information content (AvgIpc) is 3.07. The lowest BCUT2D eigenvalue weighted by Gasteiger charge is -2.29. The van der Waals surface area contributed by atoms with Crippen molar-refractivity contribution in [2.75, 3.05) is 6.61 Å². The van der Waals surface area contributed by atoms with E-state index in [4.69, 9.17) is 4.74 Å². The maximum Gasteiger partial charge on any atom is 0.193 e. The van der Waals surface area contributed by atoms with Crippen molar-refractivity contribution in [2.24, 2.45) is 0 Å². The Morgan fingerprint density at radius 3 is 3.24 bits per heavy atom. The SMILES string of the molecule is OC(Cc1cn2ccsc2n1)C1CCOc2ccccc21. The third-order valence-corrected chi connectivity index (χ3v) is 4.80. The zero-order chi connectivity index (χ0) is 14.2. The lowest BCUT2D eigenvalue weighted by atomic mass is 9.86. The molecule has 2 aromatic heterocycles. The summed E-state index contributed by atoms with van der Waals surface area (Å²) in [6.45, 7) is 0.664. The van der Waals surface area contributed by atoms with Gasteiger partial charge in [-0.05, 0) is 18.1 Å². The molecule has 0 saturated carbocycles. The topological polar surface area (TPSA) is 46.8 Å². The Labute approximate surface area is 126 Å². The van der Waals surface area contributed by atoms with Crippen molar-refractivity contribution in [1.82, 2.24) is 9.38 Å². The van der Waals surface area contributed by atoms with Crippen molar-refractivity contribution in [1.29, 1.82) is 0 Å². The summed E-state index contributed by atoms with van der Waals surface area (Å²) in [5.41, 5.74) is 2.05. The molecule has 2 unspecified atom stereocenters.